The number of halogens is 1. The molecule has 0 heterocycles. The van der Waals surface area contributed by atoms with Crippen LogP contribution in [0.15, 0.2) is 12.2 Å². The molecule has 0 aromatic rings. The zero-order valence-corrected chi connectivity index (χ0v) is 7.50. The molecule has 0 aliphatic heterocycles. The lowest BCUT2D eigenvalue weighted by atomic mass is 10.3. The number of nitrogens with zero attached hydrogens (tertiary/aromatic N) is 1. The Labute approximate surface area is 64.4 Å². The van der Waals surface area contributed by atoms with Crippen LogP contribution in [0.3, 0.4) is 0 Å². The molecule has 0 radical (unpaired) electrons. The monoisotopic (exact) mass is 149 g/mol. The van der Waals surface area contributed by atoms with Crippen LogP contribution in [-0.2, 0) is 0 Å². The van der Waals surface area contributed by atoms with E-state index < -0.39 is 0 Å². The lowest BCUT2D eigenvalue weighted by Crippen LogP contribution is -3.00. The van der Waals surface area contributed by atoms with Crippen molar-refractivity contribution >= 4 is 0 Å². The Kier molecular flexibility index (Phi) is 5.11. The van der Waals surface area contributed by atoms with Crippen LogP contribution in [0, 0.1) is 0 Å². The SMILES string of the molecule is C=C(C)C[N+](C)(C)C.[Cl-]. The van der Waals surface area contributed by atoms with Gasteiger partial charge in [-0.25, -0.2) is 0 Å². The molecular formula is C7H16ClN. The lowest BCUT2D eigenvalue weighted by molar-refractivity contribution is -0.865. The second kappa shape index (κ2) is 3.91. The molecular weight excluding hydrogens is 134 g/mol. The second-order valence-electron chi connectivity index (χ2n) is 3.41. The maximum absolute atomic E-state index is 3.82. The van der Waals surface area contributed by atoms with Crippen molar-refractivity contribution in [3.8, 4) is 0 Å². The number of likely N-dealkylation sites (N-methyl/N-ethyl adjacent to an activating group) is 1. The van der Waals surface area contributed by atoms with Crippen molar-refractivity contribution in [2.75, 3.05) is 27.7 Å². The Morgan fingerprint density at radius 1 is 1.33 bits per heavy atom. The summed E-state index contributed by atoms with van der Waals surface area (Å²) in [4.78, 5) is 0. The third kappa shape index (κ3) is 11.5. The fraction of sp³-hybridized carbons (Fsp3) is 0.714. The summed E-state index contributed by atoms with van der Waals surface area (Å²) >= 11 is 0. The molecule has 0 aliphatic carbocycles. The van der Waals surface area contributed by atoms with Crippen molar-refractivity contribution < 1.29 is 16.9 Å². The average molecular weight is 150 g/mol. The van der Waals surface area contributed by atoms with Gasteiger partial charge in [-0.15, -0.1) is 0 Å². The van der Waals surface area contributed by atoms with Gasteiger partial charge in [-0.3, -0.25) is 0 Å². The van der Waals surface area contributed by atoms with Crippen molar-refractivity contribution in [1.29, 1.82) is 0 Å². The molecule has 0 aliphatic rings. The quantitative estimate of drug-likeness (QED) is 0.324. The minimum absolute atomic E-state index is 0. The van der Waals surface area contributed by atoms with Crippen LogP contribution >= 0.6 is 0 Å². The van der Waals surface area contributed by atoms with Gasteiger partial charge in [-0.05, 0) is 12.5 Å². The molecule has 0 unspecified atom stereocenters. The number of hydrogen-bond donors (Lipinski definition) is 0. The van der Waals surface area contributed by atoms with Crippen LogP contribution in [0.25, 0.3) is 0 Å². The maximum Gasteiger partial charge on any atom is 0.0991 e. The Morgan fingerprint density at radius 2 is 1.67 bits per heavy atom. The van der Waals surface area contributed by atoms with Crippen LogP contribution in [0.5, 0.6) is 0 Å². The van der Waals surface area contributed by atoms with Crippen molar-refractivity contribution in [3.63, 3.8) is 0 Å². The highest BCUT2D eigenvalue weighted by Crippen LogP contribution is 1.95. The molecule has 0 amide bonds. The van der Waals surface area contributed by atoms with Crippen molar-refractivity contribution in [1.82, 2.24) is 0 Å². The summed E-state index contributed by atoms with van der Waals surface area (Å²) in [6.07, 6.45) is 0. The molecule has 9 heavy (non-hydrogen) atoms. The molecule has 0 spiro atoms. The van der Waals surface area contributed by atoms with Gasteiger partial charge in [-0.2, -0.15) is 0 Å². The van der Waals surface area contributed by atoms with Gasteiger partial charge < -0.3 is 16.9 Å². The average Bonchev–Trinajstić information content (AvgIpc) is 1.21. The molecule has 2 heteroatoms. The standard InChI is InChI=1S/C7H16N.ClH/c1-7(2)6-8(3,4)5;/h1,6H2,2-5H3;1H/q+1;/p-1. The van der Waals surface area contributed by atoms with Gasteiger partial charge in [0, 0.05) is 0 Å². The minimum atomic E-state index is 0. The van der Waals surface area contributed by atoms with Crippen LogP contribution < -0.4 is 12.4 Å². The van der Waals surface area contributed by atoms with E-state index in [0.717, 1.165) is 11.0 Å². The van der Waals surface area contributed by atoms with Crippen molar-refractivity contribution in [2.45, 2.75) is 6.92 Å². The second-order valence-corrected chi connectivity index (χ2v) is 3.41. The van der Waals surface area contributed by atoms with Gasteiger partial charge in [-0.1, -0.05) is 6.58 Å². The molecule has 0 bridgehead atoms. The Bertz CT molecular complexity index is 91.6. The first kappa shape index (κ1) is 11.7. The molecule has 1 nitrogen and oxygen atoms in total. The topological polar surface area (TPSA) is 0 Å². The summed E-state index contributed by atoms with van der Waals surface area (Å²) in [7, 11) is 6.48. The van der Waals surface area contributed by atoms with Gasteiger partial charge in [0.25, 0.3) is 0 Å². The fourth-order valence-corrected chi connectivity index (χ4v) is 0.810. The Hall–Kier alpha value is -0.0100. The smallest absolute Gasteiger partial charge is 0.0991 e. The van der Waals surface area contributed by atoms with Gasteiger partial charge in [0.15, 0.2) is 0 Å². The molecule has 0 atom stereocenters. The summed E-state index contributed by atoms with van der Waals surface area (Å²) in [5.74, 6) is 0. The highest BCUT2D eigenvalue weighted by atomic mass is 35.5. The molecule has 0 saturated carbocycles. The van der Waals surface area contributed by atoms with Gasteiger partial charge in [0.2, 0.25) is 0 Å². The summed E-state index contributed by atoms with van der Waals surface area (Å²) in [6, 6.07) is 0. The molecule has 56 valence electrons. The molecule has 0 rings (SSSR count). The first-order valence-electron chi connectivity index (χ1n) is 2.86. The van der Waals surface area contributed by atoms with Crippen molar-refractivity contribution in [3.05, 3.63) is 12.2 Å². The first-order chi connectivity index (χ1) is 3.42. The van der Waals surface area contributed by atoms with Gasteiger partial charge in [0.05, 0.1) is 27.7 Å². The van der Waals surface area contributed by atoms with E-state index in [9.17, 15) is 0 Å². The first-order valence-corrected chi connectivity index (χ1v) is 2.86. The molecule has 0 fully saturated rings. The highest BCUT2D eigenvalue weighted by Gasteiger charge is 2.04. The fourth-order valence-electron chi connectivity index (χ4n) is 0.810. The van der Waals surface area contributed by atoms with E-state index in [1.165, 1.54) is 5.57 Å². The zero-order valence-electron chi connectivity index (χ0n) is 6.74. The summed E-state index contributed by atoms with van der Waals surface area (Å²) in [5, 5.41) is 0. The van der Waals surface area contributed by atoms with E-state index >= 15 is 0 Å². The summed E-state index contributed by atoms with van der Waals surface area (Å²) < 4.78 is 0.981. The number of quaternary nitrogens is 1. The summed E-state index contributed by atoms with van der Waals surface area (Å²) in [5.41, 5.74) is 1.25. The van der Waals surface area contributed by atoms with Crippen molar-refractivity contribution in [2.24, 2.45) is 0 Å². The van der Waals surface area contributed by atoms with E-state index in [4.69, 9.17) is 0 Å². The number of rotatable bonds is 2. The van der Waals surface area contributed by atoms with Crippen LogP contribution in [0.2, 0.25) is 0 Å². The Balaban J connectivity index is 0. The van der Waals surface area contributed by atoms with E-state index in [2.05, 4.69) is 34.6 Å². The maximum atomic E-state index is 3.82. The summed E-state index contributed by atoms with van der Waals surface area (Å²) in [6.45, 7) is 6.95. The van der Waals surface area contributed by atoms with Crippen LogP contribution in [-0.4, -0.2) is 32.2 Å². The molecule has 0 aromatic heterocycles. The minimum Gasteiger partial charge on any atom is -1.00 e. The van der Waals surface area contributed by atoms with Crippen LogP contribution in [0.1, 0.15) is 6.92 Å². The normalized spacial score (nSPS) is 10.2. The van der Waals surface area contributed by atoms with Crippen LogP contribution in [0.4, 0.5) is 0 Å². The number of hydrogen-bond acceptors (Lipinski definition) is 0. The van der Waals surface area contributed by atoms with E-state index in [-0.39, 0.29) is 12.4 Å². The van der Waals surface area contributed by atoms with E-state index in [0.29, 0.717) is 0 Å². The van der Waals surface area contributed by atoms with E-state index in [1.54, 1.807) is 0 Å². The molecule has 0 aromatic carbocycles. The zero-order chi connectivity index (χ0) is 6.78. The predicted octanol–water partition coefficient (Wildman–Crippen LogP) is -1.73. The highest BCUT2D eigenvalue weighted by molar-refractivity contribution is 4.87. The third-order valence-electron chi connectivity index (χ3n) is 0.744. The predicted molar refractivity (Wildman–Crippen MR) is 37.7 cm³/mol. The lowest BCUT2D eigenvalue weighted by Gasteiger charge is -2.23. The van der Waals surface area contributed by atoms with E-state index in [1.807, 2.05) is 0 Å². The van der Waals surface area contributed by atoms with Gasteiger partial charge >= 0.3 is 0 Å². The Morgan fingerprint density at radius 3 is 1.67 bits per heavy atom. The largest absolute Gasteiger partial charge is 1.00 e. The molecule has 0 N–H and O–H groups in total. The molecule has 0 saturated heterocycles. The third-order valence-corrected chi connectivity index (χ3v) is 0.744. The van der Waals surface area contributed by atoms with Gasteiger partial charge in [0.1, 0.15) is 0 Å².